The van der Waals surface area contributed by atoms with Crippen molar-refractivity contribution in [3.8, 4) is 0 Å². The maximum atomic E-state index is 11.7. The number of aryl methyl sites for hydroxylation is 2. The van der Waals surface area contributed by atoms with Gasteiger partial charge in [-0.25, -0.2) is 0 Å². The molecule has 1 aliphatic heterocycles. The van der Waals surface area contributed by atoms with Crippen LogP contribution in [-0.2, 0) is 4.79 Å². The average molecular weight is 278 g/mol. The molecule has 1 saturated heterocycles. The molecule has 0 atom stereocenters. The van der Waals surface area contributed by atoms with Gasteiger partial charge in [0.15, 0.2) is 0 Å². The normalized spacial score (nSPS) is 15.1. The fourth-order valence-electron chi connectivity index (χ4n) is 1.90. The Morgan fingerprint density at radius 3 is 2.79 bits per heavy atom. The van der Waals surface area contributed by atoms with Crippen molar-refractivity contribution < 1.29 is 4.79 Å². The molecule has 19 heavy (non-hydrogen) atoms. The molecule has 0 spiro atoms. The van der Waals surface area contributed by atoms with Crippen molar-refractivity contribution in [1.82, 2.24) is 10.6 Å². The van der Waals surface area contributed by atoms with Crippen LogP contribution in [0.4, 0.5) is 0 Å². The summed E-state index contributed by atoms with van der Waals surface area (Å²) in [5.41, 5.74) is 2.63. The van der Waals surface area contributed by atoms with Crippen LogP contribution in [-0.4, -0.2) is 31.3 Å². The third kappa shape index (κ3) is 4.55. The summed E-state index contributed by atoms with van der Waals surface area (Å²) in [6.07, 6.45) is 0.595. The largest absolute Gasteiger partial charge is 0.356 e. The molecule has 0 saturated carbocycles. The minimum atomic E-state index is 0.170. The molecule has 0 radical (unpaired) electrons. The maximum absolute atomic E-state index is 11.7. The van der Waals surface area contributed by atoms with E-state index in [1.54, 1.807) is 11.8 Å². The second-order valence-electron chi connectivity index (χ2n) is 5.17. The lowest BCUT2D eigenvalue weighted by atomic mass is 10.0. The van der Waals surface area contributed by atoms with Crippen molar-refractivity contribution in [2.75, 3.05) is 25.4 Å². The van der Waals surface area contributed by atoms with E-state index in [1.165, 1.54) is 16.0 Å². The Balaban J connectivity index is 1.64. The van der Waals surface area contributed by atoms with Gasteiger partial charge in [0.2, 0.25) is 5.91 Å². The van der Waals surface area contributed by atoms with Gasteiger partial charge in [0, 0.05) is 42.6 Å². The zero-order valence-corrected chi connectivity index (χ0v) is 12.5. The molecule has 1 fully saturated rings. The van der Waals surface area contributed by atoms with Crippen LogP contribution >= 0.6 is 11.8 Å². The number of carbonyl (C=O) groups excluding carboxylic acids is 1. The smallest absolute Gasteiger partial charge is 0.220 e. The molecule has 4 heteroatoms. The summed E-state index contributed by atoms with van der Waals surface area (Å²) in [6, 6.07) is 6.46. The topological polar surface area (TPSA) is 41.1 Å². The van der Waals surface area contributed by atoms with Crippen molar-refractivity contribution in [1.29, 1.82) is 0 Å². The Bertz CT molecular complexity index is 444. The van der Waals surface area contributed by atoms with Crippen LogP contribution in [0.5, 0.6) is 0 Å². The summed E-state index contributed by atoms with van der Waals surface area (Å²) >= 11 is 1.75. The predicted octanol–water partition coefficient (Wildman–Crippen LogP) is 2.12. The quantitative estimate of drug-likeness (QED) is 0.783. The van der Waals surface area contributed by atoms with Gasteiger partial charge in [-0.05, 0) is 37.1 Å². The second-order valence-corrected chi connectivity index (χ2v) is 6.34. The van der Waals surface area contributed by atoms with E-state index in [9.17, 15) is 4.79 Å². The highest BCUT2D eigenvalue weighted by Crippen LogP contribution is 2.21. The zero-order chi connectivity index (χ0) is 13.7. The highest BCUT2D eigenvalue weighted by molar-refractivity contribution is 7.99. The van der Waals surface area contributed by atoms with Crippen LogP contribution in [0.15, 0.2) is 23.1 Å². The number of hydrogen-bond acceptors (Lipinski definition) is 3. The van der Waals surface area contributed by atoms with Crippen LogP contribution in [0, 0.1) is 19.8 Å². The lowest BCUT2D eigenvalue weighted by molar-refractivity contribution is -0.120. The van der Waals surface area contributed by atoms with E-state index in [2.05, 4.69) is 42.7 Å². The lowest BCUT2D eigenvalue weighted by Gasteiger charge is -2.27. The molecular formula is C15H22N2OS. The van der Waals surface area contributed by atoms with E-state index in [0.717, 1.165) is 25.4 Å². The molecule has 0 aromatic heterocycles. The van der Waals surface area contributed by atoms with Crippen LogP contribution in [0.1, 0.15) is 17.5 Å². The predicted molar refractivity (Wildman–Crippen MR) is 80.6 cm³/mol. The number of thioether (sulfide) groups is 1. The van der Waals surface area contributed by atoms with Gasteiger partial charge in [-0.2, -0.15) is 0 Å². The Labute approximate surface area is 119 Å². The van der Waals surface area contributed by atoms with Gasteiger partial charge < -0.3 is 10.6 Å². The minimum absolute atomic E-state index is 0.170. The third-order valence-corrected chi connectivity index (χ3v) is 4.53. The highest BCUT2D eigenvalue weighted by atomic mass is 32.2. The molecule has 1 heterocycles. The molecule has 0 unspecified atom stereocenters. The van der Waals surface area contributed by atoms with Crippen molar-refractivity contribution in [2.45, 2.75) is 25.2 Å². The number of carbonyl (C=O) groups is 1. The van der Waals surface area contributed by atoms with E-state index in [-0.39, 0.29) is 5.91 Å². The number of benzene rings is 1. The Kier molecular flexibility index (Phi) is 5.28. The monoisotopic (exact) mass is 278 g/mol. The fraction of sp³-hybridized carbons (Fsp3) is 0.533. The van der Waals surface area contributed by atoms with Crippen molar-refractivity contribution in [3.63, 3.8) is 0 Å². The molecule has 1 aromatic rings. The number of nitrogens with one attached hydrogen (secondary N) is 2. The zero-order valence-electron chi connectivity index (χ0n) is 11.7. The minimum Gasteiger partial charge on any atom is -0.356 e. The van der Waals surface area contributed by atoms with Crippen LogP contribution in [0.3, 0.4) is 0 Å². The maximum Gasteiger partial charge on any atom is 0.220 e. The van der Waals surface area contributed by atoms with Crippen molar-refractivity contribution in [3.05, 3.63) is 29.3 Å². The van der Waals surface area contributed by atoms with E-state index in [0.29, 0.717) is 12.3 Å². The molecule has 2 N–H and O–H groups in total. The first-order valence-electron chi connectivity index (χ1n) is 6.82. The molecule has 1 aliphatic rings. The average Bonchev–Trinajstić information content (AvgIpc) is 2.32. The van der Waals surface area contributed by atoms with Gasteiger partial charge in [0.05, 0.1) is 0 Å². The van der Waals surface area contributed by atoms with Gasteiger partial charge in [0.25, 0.3) is 0 Å². The van der Waals surface area contributed by atoms with Crippen LogP contribution in [0.2, 0.25) is 0 Å². The number of rotatable bonds is 6. The summed E-state index contributed by atoms with van der Waals surface area (Å²) < 4.78 is 0. The second kappa shape index (κ2) is 6.96. The summed E-state index contributed by atoms with van der Waals surface area (Å²) in [4.78, 5) is 12.9. The summed E-state index contributed by atoms with van der Waals surface area (Å²) in [7, 11) is 0. The molecule has 0 bridgehead atoms. The first-order valence-corrected chi connectivity index (χ1v) is 7.81. The van der Waals surface area contributed by atoms with Crippen LogP contribution < -0.4 is 10.6 Å². The van der Waals surface area contributed by atoms with Gasteiger partial charge in [0.1, 0.15) is 0 Å². The molecular weight excluding hydrogens is 256 g/mol. The van der Waals surface area contributed by atoms with Crippen molar-refractivity contribution >= 4 is 17.7 Å². The molecule has 1 amide bonds. The molecule has 2 rings (SSSR count). The number of hydrogen-bond donors (Lipinski definition) is 2. The Morgan fingerprint density at radius 1 is 1.37 bits per heavy atom. The van der Waals surface area contributed by atoms with Gasteiger partial charge in [-0.3, -0.25) is 4.79 Å². The van der Waals surface area contributed by atoms with E-state index in [1.807, 2.05) is 0 Å². The summed E-state index contributed by atoms with van der Waals surface area (Å²) in [5, 5.41) is 6.20. The Morgan fingerprint density at radius 2 is 2.16 bits per heavy atom. The van der Waals surface area contributed by atoms with E-state index >= 15 is 0 Å². The summed E-state index contributed by atoms with van der Waals surface area (Å²) in [6.45, 7) is 7.14. The first-order chi connectivity index (χ1) is 9.15. The van der Waals surface area contributed by atoms with Gasteiger partial charge in [-0.1, -0.05) is 6.07 Å². The van der Waals surface area contributed by atoms with E-state index in [4.69, 9.17) is 0 Å². The fourth-order valence-corrected chi connectivity index (χ4v) is 2.85. The third-order valence-electron chi connectivity index (χ3n) is 3.53. The first kappa shape index (κ1) is 14.4. The highest BCUT2D eigenvalue weighted by Gasteiger charge is 2.16. The summed E-state index contributed by atoms with van der Waals surface area (Å²) in [5.74, 6) is 1.65. The van der Waals surface area contributed by atoms with E-state index < -0.39 is 0 Å². The van der Waals surface area contributed by atoms with Crippen molar-refractivity contribution in [2.24, 2.45) is 5.92 Å². The SMILES string of the molecule is Cc1ccc(SCCC(=O)NCC2CNC2)cc1C. The molecule has 0 aliphatic carbocycles. The van der Waals surface area contributed by atoms with Gasteiger partial charge >= 0.3 is 0 Å². The Hall–Kier alpha value is -1.00. The number of amides is 1. The van der Waals surface area contributed by atoms with Gasteiger partial charge in [-0.15, -0.1) is 11.8 Å². The molecule has 1 aromatic carbocycles. The molecule has 3 nitrogen and oxygen atoms in total. The standard InChI is InChI=1S/C15H22N2OS/c1-11-3-4-14(7-12(11)2)19-6-5-15(18)17-10-13-8-16-9-13/h3-4,7,13,16H,5-6,8-10H2,1-2H3,(H,17,18). The molecule has 104 valence electrons. The van der Waals surface area contributed by atoms with Crippen LogP contribution in [0.25, 0.3) is 0 Å². The lowest BCUT2D eigenvalue weighted by Crippen LogP contribution is -2.48.